The molecule has 7 nitrogen and oxygen atoms in total. The fraction of sp³-hybridized carbons (Fsp3) is 0.562. The standard InChI is InChI=1S/C16H24N4O3/c1-10-14(19-20-15(10)16(21)18-17)11-4-6-12(7-5-11)23-9-13-3-2-8-22-13/h4-7,10,13-15,19-20H,2-3,8-9,17H2,1H3,(H,18,21). The van der Waals surface area contributed by atoms with Crippen LogP contribution < -0.4 is 26.9 Å². The molecule has 1 aromatic carbocycles. The molecule has 23 heavy (non-hydrogen) atoms. The Labute approximate surface area is 135 Å². The van der Waals surface area contributed by atoms with Crippen molar-refractivity contribution in [1.82, 2.24) is 16.3 Å². The van der Waals surface area contributed by atoms with Crippen molar-refractivity contribution in [2.45, 2.75) is 38.0 Å². The van der Waals surface area contributed by atoms with Gasteiger partial charge in [0.25, 0.3) is 5.91 Å². The second-order valence-corrected chi connectivity index (χ2v) is 6.13. The number of ether oxygens (including phenoxy) is 2. The van der Waals surface area contributed by atoms with Crippen LogP contribution >= 0.6 is 0 Å². The summed E-state index contributed by atoms with van der Waals surface area (Å²) in [6.07, 6.45) is 2.39. The van der Waals surface area contributed by atoms with Crippen molar-refractivity contribution < 1.29 is 14.3 Å². The van der Waals surface area contributed by atoms with Crippen molar-refractivity contribution in [1.29, 1.82) is 0 Å². The van der Waals surface area contributed by atoms with E-state index in [1.54, 1.807) is 0 Å². The van der Waals surface area contributed by atoms with E-state index in [4.69, 9.17) is 15.3 Å². The van der Waals surface area contributed by atoms with Crippen molar-refractivity contribution >= 4 is 5.91 Å². The zero-order valence-corrected chi connectivity index (χ0v) is 13.2. The summed E-state index contributed by atoms with van der Waals surface area (Å²) in [4.78, 5) is 11.7. The molecule has 4 atom stereocenters. The summed E-state index contributed by atoms with van der Waals surface area (Å²) in [5, 5.41) is 0. The first-order chi connectivity index (χ1) is 11.2. The molecule has 2 saturated heterocycles. The van der Waals surface area contributed by atoms with Crippen molar-refractivity contribution in [2.75, 3.05) is 13.2 Å². The molecule has 1 aromatic rings. The van der Waals surface area contributed by atoms with Crippen LogP contribution in [0.25, 0.3) is 0 Å². The van der Waals surface area contributed by atoms with Gasteiger partial charge in [-0.3, -0.25) is 10.2 Å². The second-order valence-electron chi connectivity index (χ2n) is 6.13. The summed E-state index contributed by atoms with van der Waals surface area (Å²) in [5.74, 6) is 5.90. The summed E-state index contributed by atoms with van der Waals surface area (Å²) < 4.78 is 11.3. The molecule has 1 amide bonds. The second kappa shape index (κ2) is 7.27. The van der Waals surface area contributed by atoms with Crippen LogP contribution in [0.15, 0.2) is 24.3 Å². The van der Waals surface area contributed by atoms with Crippen LogP contribution in [0.3, 0.4) is 0 Å². The van der Waals surface area contributed by atoms with E-state index < -0.39 is 0 Å². The van der Waals surface area contributed by atoms with E-state index in [2.05, 4.69) is 16.3 Å². The molecular formula is C16H24N4O3. The Balaban J connectivity index is 1.57. The minimum absolute atomic E-state index is 0.0458. The van der Waals surface area contributed by atoms with Gasteiger partial charge in [0, 0.05) is 12.5 Å². The third-order valence-corrected chi connectivity index (χ3v) is 4.57. The number of carbonyl (C=O) groups excluding carboxylic acids is 1. The zero-order chi connectivity index (χ0) is 16.2. The molecule has 2 aliphatic heterocycles. The molecule has 0 aromatic heterocycles. The minimum atomic E-state index is -0.347. The largest absolute Gasteiger partial charge is 0.491 e. The molecule has 2 heterocycles. The van der Waals surface area contributed by atoms with Gasteiger partial charge in [-0.2, -0.15) is 0 Å². The highest BCUT2D eigenvalue weighted by molar-refractivity contribution is 5.81. The lowest BCUT2D eigenvalue weighted by Crippen LogP contribution is -2.47. The molecule has 0 saturated carbocycles. The predicted octanol–water partition coefficient (Wildman–Crippen LogP) is 0.388. The van der Waals surface area contributed by atoms with Crippen LogP contribution in [0.5, 0.6) is 5.75 Å². The first kappa shape index (κ1) is 16.2. The average molecular weight is 320 g/mol. The molecule has 2 aliphatic rings. The van der Waals surface area contributed by atoms with Gasteiger partial charge in [0.15, 0.2) is 0 Å². The van der Waals surface area contributed by atoms with Crippen LogP contribution in [0, 0.1) is 5.92 Å². The highest BCUT2D eigenvalue weighted by atomic mass is 16.5. The highest BCUT2D eigenvalue weighted by Crippen LogP contribution is 2.29. The van der Waals surface area contributed by atoms with E-state index in [0.29, 0.717) is 6.61 Å². The number of carbonyl (C=O) groups is 1. The van der Waals surface area contributed by atoms with Crippen molar-refractivity contribution in [3.8, 4) is 5.75 Å². The van der Waals surface area contributed by atoms with Gasteiger partial charge in [0.05, 0.1) is 12.1 Å². The highest BCUT2D eigenvalue weighted by Gasteiger charge is 2.37. The molecule has 2 fully saturated rings. The van der Waals surface area contributed by atoms with Crippen LogP contribution in [-0.4, -0.2) is 31.3 Å². The summed E-state index contributed by atoms with van der Waals surface area (Å²) in [6.45, 7) is 3.44. The Kier molecular flexibility index (Phi) is 5.12. The lowest BCUT2D eigenvalue weighted by Gasteiger charge is -2.18. The summed E-state index contributed by atoms with van der Waals surface area (Å²) >= 11 is 0. The predicted molar refractivity (Wildman–Crippen MR) is 85.2 cm³/mol. The van der Waals surface area contributed by atoms with E-state index in [9.17, 15) is 4.79 Å². The third-order valence-electron chi connectivity index (χ3n) is 4.57. The quantitative estimate of drug-likeness (QED) is 0.356. The summed E-state index contributed by atoms with van der Waals surface area (Å²) in [6, 6.07) is 7.64. The zero-order valence-electron chi connectivity index (χ0n) is 13.2. The molecule has 0 spiro atoms. The monoisotopic (exact) mass is 320 g/mol. The van der Waals surface area contributed by atoms with Crippen molar-refractivity contribution in [2.24, 2.45) is 11.8 Å². The molecule has 4 unspecified atom stereocenters. The number of hydrogen-bond donors (Lipinski definition) is 4. The summed E-state index contributed by atoms with van der Waals surface area (Å²) in [5.41, 5.74) is 9.44. The molecular weight excluding hydrogens is 296 g/mol. The molecule has 0 radical (unpaired) electrons. The number of hydrogen-bond acceptors (Lipinski definition) is 6. The number of benzene rings is 1. The van der Waals surface area contributed by atoms with Crippen LogP contribution in [0.2, 0.25) is 0 Å². The number of nitrogens with one attached hydrogen (secondary N) is 3. The van der Waals surface area contributed by atoms with Gasteiger partial charge in [0.2, 0.25) is 0 Å². The SMILES string of the molecule is CC1C(C(=O)NN)NNC1c1ccc(OCC2CCCO2)cc1. The van der Waals surface area contributed by atoms with E-state index in [1.807, 2.05) is 31.2 Å². The Bertz CT molecular complexity index is 531. The first-order valence-electron chi connectivity index (χ1n) is 8.05. The van der Waals surface area contributed by atoms with Gasteiger partial charge in [0.1, 0.15) is 18.4 Å². The molecule has 0 bridgehead atoms. The van der Waals surface area contributed by atoms with Gasteiger partial charge >= 0.3 is 0 Å². The lowest BCUT2D eigenvalue weighted by molar-refractivity contribution is -0.123. The van der Waals surface area contributed by atoms with Gasteiger partial charge in [-0.25, -0.2) is 16.7 Å². The lowest BCUT2D eigenvalue weighted by atomic mass is 9.91. The first-order valence-corrected chi connectivity index (χ1v) is 8.05. The smallest absolute Gasteiger partial charge is 0.252 e. The topological polar surface area (TPSA) is 97.6 Å². The van der Waals surface area contributed by atoms with E-state index in [1.165, 1.54) is 0 Å². The van der Waals surface area contributed by atoms with Crippen molar-refractivity contribution in [3.63, 3.8) is 0 Å². The summed E-state index contributed by atoms with van der Waals surface area (Å²) in [7, 11) is 0. The minimum Gasteiger partial charge on any atom is -0.491 e. The van der Waals surface area contributed by atoms with E-state index in [-0.39, 0.29) is 30.0 Å². The maximum Gasteiger partial charge on any atom is 0.252 e. The normalized spacial score (nSPS) is 30.3. The number of rotatable bonds is 5. The maximum atomic E-state index is 11.7. The Morgan fingerprint density at radius 2 is 2.17 bits per heavy atom. The average Bonchev–Trinajstić information content (AvgIpc) is 3.22. The van der Waals surface area contributed by atoms with Gasteiger partial charge < -0.3 is 9.47 Å². The maximum absolute atomic E-state index is 11.7. The Morgan fingerprint density at radius 1 is 1.39 bits per heavy atom. The third kappa shape index (κ3) is 3.64. The fourth-order valence-electron chi connectivity index (χ4n) is 3.15. The molecule has 0 aliphatic carbocycles. The van der Waals surface area contributed by atoms with Gasteiger partial charge in [-0.05, 0) is 30.5 Å². The fourth-order valence-corrected chi connectivity index (χ4v) is 3.15. The van der Waals surface area contributed by atoms with Gasteiger partial charge in [-0.1, -0.05) is 19.1 Å². The molecule has 7 heteroatoms. The number of nitrogens with two attached hydrogens (primary N) is 1. The Morgan fingerprint density at radius 3 is 2.83 bits per heavy atom. The van der Waals surface area contributed by atoms with Crippen LogP contribution in [0.4, 0.5) is 0 Å². The van der Waals surface area contributed by atoms with Gasteiger partial charge in [-0.15, -0.1) is 0 Å². The number of amides is 1. The van der Waals surface area contributed by atoms with Crippen LogP contribution in [-0.2, 0) is 9.53 Å². The number of hydrazine groups is 2. The van der Waals surface area contributed by atoms with Crippen molar-refractivity contribution in [3.05, 3.63) is 29.8 Å². The molecule has 3 rings (SSSR count). The Hall–Kier alpha value is -1.67. The molecule has 5 N–H and O–H groups in total. The molecule has 126 valence electrons. The van der Waals surface area contributed by atoms with Crippen LogP contribution in [0.1, 0.15) is 31.4 Å². The van der Waals surface area contributed by atoms with E-state index >= 15 is 0 Å². The van der Waals surface area contributed by atoms with E-state index in [0.717, 1.165) is 30.8 Å².